The number of amides is 2. The summed E-state index contributed by atoms with van der Waals surface area (Å²) in [4.78, 5) is 23.2. The van der Waals surface area contributed by atoms with Crippen molar-refractivity contribution in [3.05, 3.63) is 35.1 Å². The SMILES string of the molecule is O=C(N1CCN(CC2CC=C(F)C=N2)CC1)N1CCOc2cc(Cl)ccc21. The van der Waals surface area contributed by atoms with Gasteiger partial charge in [0.25, 0.3) is 0 Å². The van der Waals surface area contributed by atoms with Crippen molar-refractivity contribution in [1.82, 2.24) is 9.80 Å². The monoisotopic (exact) mass is 392 g/mol. The van der Waals surface area contributed by atoms with Crippen LogP contribution in [0.5, 0.6) is 5.75 Å². The molecule has 0 spiro atoms. The second-order valence-electron chi connectivity index (χ2n) is 6.94. The second-order valence-corrected chi connectivity index (χ2v) is 7.38. The van der Waals surface area contributed by atoms with E-state index in [2.05, 4.69) is 9.89 Å². The number of aliphatic imine (C=N–C) groups is 1. The Hall–Kier alpha value is -2.12. The fourth-order valence-corrected chi connectivity index (χ4v) is 3.81. The van der Waals surface area contributed by atoms with E-state index >= 15 is 0 Å². The summed E-state index contributed by atoms with van der Waals surface area (Å²) < 4.78 is 18.6. The van der Waals surface area contributed by atoms with Crippen LogP contribution >= 0.6 is 11.6 Å². The van der Waals surface area contributed by atoms with E-state index in [0.29, 0.717) is 43.4 Å². The van der Waals surface area contributed by atoms with Crippen molar-refractivity contribution in [1.29, 1.82) is 0 Å². The average Bonchev–Trinajstić information content (AvgIpc) is 2.69. The maximum absolute atomic E-state index is 13.0. The number of piperazine rings is 1. The van der Waals surface area contributed by atoms with Gasteiger partial charge in [-0.3, -0.25) is 14.8 Å². The van der Waals surface area contributed by atoms with Gasteiger partial charge in [-0.05, 0) is 24.6 Å². The molecule has 0 aromatic heterocycles. The van der Waals surface area contributed by atoms with Crippen molar-refractivity contribution in [2.45, 2.75) is 12.5 Å². The normalized spacial score (nSPS) is 22.9. The number of carbonyl (C=O) groups is 1. The van der Waals surface area contributed by atoms with Crippen LogP contribution in [-0.4, -0.2) is 74.0 Å². The minimum Gasteiger partial charge on any atom is -0.489 e. The van der Waals surface area contributed by atoms with Crippen LogP contribution in [-0.2, 0) is 0 Å². The Morgan fingerprint density at radius 1 is 1.26 bits per heavy atom. The molecule has 6 nitrogen and oxygen atoms in total. The Labute approximate surface area is 162 Å². The van der Waals surface area contributed by atoms with Crippen molar-refractivity contribution < 1.29 is 13.9 Å². The Bertz CT molecular complexity index is 777. The molecule has 0 saturated carbocycles. The first-order valence-electron chi connectivity index (χ1n) is 9.20. The van der Waals surface area contributed by atoms with E-state index < -0.39 is 0 Å². The van der Waals surface area contributed by atoms with Crippen LogP contribution in [0, 0.1) is 0 Å². The van der Waals surface area contributed by atoms with Gasteiger partial charge >= 0.3 is 6.03 Å². The number of anilines is 1. The van der Waals surface area contributed by atoms with Crippen LogP contribution in [0.3, 0.4) is 0 Å². The standard InChI is InChI=1S/C19H22ClFN4O2/c20-14-1-4-17-18(11-14)27-10-9-25(17)19(26)24-7-5-23(6-8-24)13-16-3-2-15(21)12-22-16/h1-2,4,11-12,16H,3,5-10,13H2. The summed E-state index contributed by atoms with van der Waals surface area (Å²) in [6.07, 6.45) is 3.52. The van der Waals surface area contributed by atoms with Crippen molar-refractivity contribution in [3.63, 3.8) is 0 Å². The van der Waals surface area contributed by atoms with Crippen LogP contribution < -0.4 is 9.64 Å². The van der Waals surface area contributed by atoms with E-state index in [0.717, 1.165) is 25.3 Å². The van der Waals surface area contributed by atoms with E-state index in [1.54, 1.807) is 23.1 Å². The molecule has 0 bridgehead atoms. The molecular formula is C19H22ClFN4O2. The number of carbonyl (C=O) groups excluding carboxylic acids is 1. The van der Waals surface area contributed by atoms with Gasteiger partial charge in [-0.25, -0.2) is 9.18 Å². The fourth-order valence-electron chi connectivity index (χ4n) is 3.64. The number of benzene rings is 1. The molecule has 27 heavy (non-hydrogen) atoms. The lowest BCUT2D eigenvalue weighted by molar-refractivity contribution is 0.137. The van der Waals surface area contributed by atoms with Crippen LogP contribution in [0.2, 0.25) is 5.02 Å². The van der Waals surface area contributed by atoms with E-state index in [1.807, 2.05) is 11.0 Å². The molecule has 1 atom stereocenters. The number of allylic oxidation sites excluding steroid dienone is 1. The molecule has 1 unspecified atom stereocenters. The predicted molar refractivity (Wildman–Crippen MR) is 104 cm³/mol. The Kier molecular flexibility index (Phi) is 5.31. The summed E-state index contributed by atoms with van der Waals surface area (Å²) in [5.74, 6) is 0.393. The number of dihydropyridines is 1. The average molecular weight is 393 g/mol. The quantitative estimate of drug-likeness (QED) is 0.777. The number of nitrogens with zero attached hydrogens (tertiary/aromatic N) is 4. The summed E-state index contributed by atoms with van der Waals surface area (Å²) >= 11 is 6.02. The van der Waals surface area contributed by atoms with E-state index in [9.17, 15) is 9.18 Å². The van der Waals surface area contributed by atoms with Gasteiger partial charge in [0.1, 0.15) is 18.2 Å². The first-order valence-corrected chi connectivity index (χ1v) is 9.58. The lowest BCUT2D eigenvalue weighted by Gasteiger charge is -2.39. The molecule has 3 heterocycles. The molecular weight excluding hydrogens is 371 g/mol. The van der Waals surface area contributed by atoms with Gasteiger partial charge in [-0.2, -0.15) is 0 Å². The Morgan fingerprint density at radius 3 is 2.81 bits per heavy atom. The molecule has 1 aromatic carbocycles. The largest absolute Gasteiger partial charge is 0.489 e. The molecule has 144 valence electrons. The highest BCUT2D eigenvalue weighted by Crippen LogP contribution is 2.34. The molecule has 0 aliphatic carbocycles. The molecule has 1 fully saturated rings. The molecule has 1 aromatic rings. The van der Waals surface area contributed by atoms with Gasteiger partial charge in [0, 0.05) is 43.8 Å². The number of hydrogen-bond donors (Lipinski definition) is 0. The molecule has 2 amide bonds. The van der Waals surface area contributed by atoms with Crippen molar-refractivity contribution in [2.75, 3.05) is 50.8 Å². The van der Waals surface area contributed by atoms with Gasteiger partial charge < -0.3 is 9.64 Å². The maximum Gasteiger partial charge on any atom is 0.324 e. The third kappa shape index (κ3) is 4.09. The molecule has 3 aliphatic rings. The van der Waals surface area contributed by atoms with E-state index in [-0.39, 0.29) is 17.9 Å². The van der Waals surface area contributed by atoms with E-state index in [4.69, 9.17) is 16.3 Å². The second kappa shape index (κ2) is 7.86. The highest BCUT2D eigenvalue weighted by Gasteiger charge is 2.30. The highest BCUT2D eigenvalue weighted by atomic mass is 35.5. The zero-order valence-corrected chi connectivity index (χ0v) is 15.7. The number of ether oxygens (including phenoxy) is 1. The zero-order valence-electron chi connectivity index (χ0n) is 15.0. The topological polar surface area (TPSA) is 48.4 Å². The Balaban J connectivity index is 1.34. The number of fused-ring (bicyclic) bond motifs is 1. The molecule has 0 N–H and O–H groups in total. The van der Waals surface area contributed by atoms with Crippen LogP contribution in [0.15, 0.2) is 35.1 Å². The van der Waals surface area contributed by atoms with Gasteiger partial charge in [0.2, 0.25) is 0 Å². The zero-order chi connectivity index (χ0) is 18.8. The smallest absolute Gasteiger partial charge is 0.324 e. The third-order valence-electron chi connectivity index (χ3n) is 5.12. The fraction of sp³-hybridized carbons (Fsp3) is 0.474. The molecule has 1 saturated heterocycles. The van der Waals surface area contributed by atoms with Gasteiger partial charge in [0.15, 0.2) is 0 Å². The number of halogens is 2. The first-order chi connectivity index (χ1) is 13.1. The molecule has 0 radical (unpaired) electrons. The third-order valence-corrected chi connectivity index (χ3v) is 5.36. The van der Waals surface area contributed by atoms with Gasteiger partial charge in [-0.15, -0.1) is 0 Å². The van der Waals surface area contributed by atoms with Crippen molar-refractivity contribution >= 4 is 29.5 Å². The van der Waals surface area contributed by atoms with Crippen molar-refractivity contribution in [3.8, 4) is 5.75 Å². The summed E-state index contributed by atoms with van der Waals surface area (Å²) in [6, 6.07) is 5.45. The van der Waals surface area contributed by atoms with E-state index in [1.165, 1.54) is 6.21 Å². The number of urea groups is 1. The Morgan fingerprint density at radius 2 is 2.07 bits per heavy atom. The minimum absolute atomic E-state index is 0.00205. The number of rotatable bonds is 2. The lowest BCUT2D eigenvalue weighted by atomic mass is 10.1. The van der Waals surface area contributed by atoms with Gasteiger partial charge in [-0.1, -0.05) is 11.6 Å². The summed E-state index contributed by atoms with van der Waals surface area (Å²) in [6.45, 7) is 4.70. The van der Waals surface area contributed by atoms with Crippen molar-refractivity contribution in [2.24, 2.45) is 4.99 Å². The van der Waals surface area contributed by atoms with Crippen LogP contribution in [0.4, 0.5) is 14.9 Å². The minimum atomic E-state index is -0.256. The van der Waals surface area contributed by atoms with Crippen LogP contribution in [0.1, 0.15) is 6.42 Å². The summed E-state index contributed by atoms with van der Waals surface area (Å²) in [7, 11) is 0. The first kappa shape index (κ1) is 18.3. The summed E-state index contributed by atoms with van der Waals surface area (Å²) in [5.41, 5.74) is 0.767. The maximum atomic E-state index is 13.0. The van der Waals surface area contributed by atoms with Gasteiger partial charge in [0.05, 0.1) is 24.5 Å². The molecule has 3 aliphatic heterocycles. The molecule has 4 rings (SSSR count). The summed E-state index contributed by atoms with van der Waals surface area (Å²) in [5, 5.41) is 0.594. The molecule has 8 heteroatoms. The number of hydrogen-bond acceptors (Lipinski definition) is 4. The predicted octanol–water partition coefficient (Wildman–Crippen LogP) is 2.97. The highest BCUT2D eigenvalue weighted by molar-refractivity contribution is 6.30. The lowest BCUT2D eigenvalue weighted by Crippen LogP contribution is -2.55. The van der Waals surface area contributed by atoms with Crippen LogP contribution in [0.25, 0.3) is 0 Å².